The molecule has 1 heterocycles. The Morgan fingerprint density at radius 2 is 2.05 bits per heavy atom. The fourth-order valence-corrected chi connectivity index (χ4v) is 2.60. The van der Waals surface area contributed by atoms with E-state index in [-0.39, 0.29) is 24.9 Å². The minimum atomic E-state index is -3.11. The number of nitrogens with zero attached hydrogens (tertiary/aromatic N) is 2. The molecule has 0 unspecified atom stereocenters. The van der Waals surface area contributed by atoms with Gasteiger partial charge < -0.3 is 14.9 Å². The van der Waals surface area contributed by atoms with Crippen LogP contribution in [0.4, 0.5) is 4.79 Å². The Labute approximate surface area is 113 Å². The van der Waals surface area contributed by atoms with Crippen LogP contribution in [0.1, 0.15) is 12.8 Å². The van der Waals surface area contributed by atoms with Gasteiger partial charge in [0.1, 0.15) is 9.84 Å². The number of aliphatic carboxylic acids is 1. The lowest BCUT2D eigenvalue weighted by Gasteiger charge is -2.33. The smallest absolute Gasteiger partial charge is 0.319 e. The van der Waals surface area contributed by atoms with Gasteiger partial charge in [0, 0.05) is 32.9 Å². The van der Waals surface area contributed by atoms with Gasteiger partial charge >= 0.3 is 12.0 Å². The summed E-state index contributed by atoms with van der Waals surface area (Å²) in [6, 6.07) is -0.311. The van der Waals surface area contributed by atoms with Gasteiger partial charge in [-0.05, 0) is 12.8 Å². The van der Waals surface area contributed by atoms with Gasteiger partial charge in [0.25, 0.3) is 0 Å². The van der Waals surface area contributed by atoms with Crippen LogP contribution in [0.15, 0.2) is 0 Å². The molecule has 0 aliphatic carbocycles. The summed E-state index contributed by atoms with van der Waals surface area (Å²) in [4.78, 5) is 25.8. The summed E-state index contributed by atoms with van der Waals surface area (Å²) in [6.45, 7) is 0.828. The average Bonchev–Trinajstić information content (AvgIpc) is 2.34. The van der Waals surface area contributed by atoms with Gasteiger partial charge in [0.2, 0.25) is 0 Å². The van der Waals surface area contributed by atoms with Gasteiger partial charge in [0.05, 0.1) is 11.7 Å². The lowest BCUT2D eigenvalue weighted by Crippen LogP contribution is -2.48. The molecule has 8 heteroatoms. The molecule has 0 aromatic heterocycles. The predicted octanol–water partition coefficient (Wildman–Crippen LogP) is -0.121. The second-order valence-corrected chi connectivity index (χ2v) is 7.22. The van der Waals surface area contributed by atoms with Crippen molar-refractivity contribution in [2.24, 2.45) is 5.92 Å². The number of likely N-dealkylation sites (tertiary alicyclic amines) is 1. The summed E-state index contributed by atoms with van der Waals surface area (Å²) in [5, 5.41) is 8.96. The van der Waals surface area contributed by atoms with Gasteiger partial charge in [-0.25, -0.2) is 13.2 Å². The Morgan fingerprint density at radius 1 is 1.42 bits per heavy atom. The molecule has 1 atom stereocenters. The molecule has 1 rings (SSSR count). The molecular weight excluding hydrogens is 272 g/mol. The standard InChI is InChI=1S/C11H20N2O5S/c1-12(6-7-19(2,17)18)11(16)13-5-3-4-9(8-13)10(14)15/h9H,3-8H2,1-2H3,(H,14,15)/t9-/m1/s1. The molecule has 0 bridgehead atoms. The lowest BCUT2D eigenvalue weighted by molar-refractivity contribution is -0.143. The topological polar surface area (TPSA) is 95.0 Å². The number of carboxylic acid groups (broad SMARTS) is 1. The Hall–Kier alpha value is -1.31. The van der Waals surface area contributed by atoms with Crippen molar-refractivity contribution in [3.05, 3.63) is 0 Å². The molecule has 1 aliphatic rings. The first kappa shape index (κ1) is 15.7. The van der Waals surface area contributed by atoms with Gasteiger partial charge in [-0.1, -0.05) is 0 Å². The van der Waals surface area contributed by atoms with Crippen LogP contribution in [0.25, 0.3) is 0 Å². The van der Waals surface area contributed by atoms with E-state index in [1.165, 1.54) is 16.8 Å². The largest absolute Gasteiger partial charge is 0.481 e. The predicted molar refractivity (Wildman–Crippen MR) is 69.7 cm³/mol. The van der Waals surface area contributed by atoms with Gasteiger partial charge in [-0.2, -0.15) is 0 Å². The molecule has 1 saturated heterocycles. The summed E-state index contributed by atoms with van der Waals surface area (Å²) in [7, 11) is -1.59. The number of hydrogen-bond donors (Lipinski definition) is 1. The quantitative estimate of drug-likeness (QED) is 0.779. The highest BCUT2D eigenvalue weighted by atomic mass is 32.2. The van der Waals surface area contributed by atoms with Gasteiger partial charge in [-0.3, -0.25) is 4.79 Å². The minimum absolute atomic E-state index is 0.0918. The fraction of sp³-hybridized carbons (Fsp3) is 0.818. The van der Waals surface area contributed by atoms with Crippen molar-refractivity contribution in [3.63, 3.8) is 0 Å². The van der Waals surface area contributed by atoms with E-state index in [1.807, 2.05) is 0 Å². The van der Waals surface area contributed by atoms with Crippen molar-refractivity contribution in [1.29, 1.82) is 0 Å². The third-order valence-electron chi connectivity index (χ3n) is 3.17. The first-order valence-corrected chi connectivity index (χ1v) is 8.17. The lowest BCUT2D eigenvalue weighted by atomic mass is 9.99. The Bertz CT molecular complexity index is 448. The maximum absolute atomic E-state index is 12.0. The van der Waals surface area contributed by atoms with Crippen LogP contribution in [0.2, 0.25) is 0 Å². The van der Waals surface area contributed by atoms with E-state index in [0.717, 1.165) is 6.26 Å². The SMILES string of the molecule is CN(CCS(C)(=O)=O)C(=O)N1CCC[C@@H](C(=O)O)C1. The number of sulfone groups is 1. The number of amides is 2. The van der Waals surface area contributed by atoms with E-state index in [2.05, 4.69) is 0 Å². The third-order valence-corrected chi connectivity index (χ3v) is 4.09. The summed E-state index contributed by atoms with van der Waals surface area (Å²) >= 11 is 0. The van der Waals surface area contributed by atoms with Crippen LogP contribution >= 0.6 is 0 Å². The first-order chi connectivity index (χ1) is 8.70. The van der Waals surface area contributed by atoms with Crippen molar-refractivity contribution in [2.75, 3.05) is 38.7 Å². The summed E-state index contributed by atoms with van der Waals surface area (Å²) < 4.78 is 22.1. The molecule has 0 saturated carbocycles. The van der Waals surface area contributed by atoms with E-state index in [1.54, 1.807) is 0 Å². The normalized spacial score (nSPS) is 20.1. The molecule has 2 amide bonds. The number of carbonyl (C=O) groups excluding carboxylic acids is 1. The zero-order valence-corrected chi connectivity index (χ0v) is 12.0. The molecule has 0 spiro atoms. The molecule has 1 aliphatic heterocycles. The number of carbonyl (C=O) groups is 2. The first-order valence-electron chi connectivity index (χ1n) is 6.11. The zero-order valence-electron chi connectivity index (χ0n) is 11.2. The van der Waals surface area contributed by atoms with E-state index in [4.69, 9.17) is 5.11 Å². The molecular formula is C11H20N2O5S. The van der Waals surface area contributed by atoms with Crippen molar-refractivity contribution in [3.8, 4) is 0 Å². The highest BCUT2D eigenvalue weighted by Gasteiger charge is 2.29. The van der Waals surface area contributed by atoms with Gasteiger partial charge in [0.15, 0.2) is 0 Å². The zero-order chi connectivity index (χ0) is 14.6. The highest BCUT2D eigenvalue weighted by molar-refractivity contribution is 7.90. The Kier molecular flexibility index (Phi) is 5.16. The number of hydrogen-bond acceptors (Lipinski definition) is 4. The molecule has 1 fully saturated rings. The van der Waals surface area contributed by atoms with Crippen molar-refractivity contribution < 1.29 is 23.1 Å². The molecule has 0 aromatic carbocycles. The second kappa shape index (κ2) is 6.23. The molecule has 0 aromatic rings. The Balaban J connectivity index is 2.54. The van der Waals surface area contributed by atoms with Crippen LogP contribution < -0.4 is 0 Å². The third kappa shape index (κ3) is 5.06. The minimum Gasteiger partial charge on any atom is -0.481 e. The molecule has 110 valence electrons. The van der Waals surface area contributed by atoms with E-state index < -0.39 is 21.7 Å². The highest BCUT2D eigenvalue weighted by Crippen LogP contribution is 2.17. The van der Waals surface area contributed by atoms with E-state index in [9.17, 15) is 18.0 Å². The monoisotopic (exact) mass is 292 g/mol. The van der Waals surface area contributed by atoms with Crippen molar-refractivity contribution in [2.45, 2.75) is 12.8 Å². The van der Waals surface area contributed by atoms with E-state index in [0.29, 0.717) is 19.4 Å². The molecule has 1 N–H and O–H groups in total. The van der Waals surface area contributed by atoms with Gasteiger partial charge in [-0.15, -0.1) is 0 Å². The number of urea groups is 1. The molecule has 0 radical (unpaired) electrons. The summed E-state index contributed by atoms with van der Waals surface area (Å²) in [6.07, 6.45) is 2.35. The average molecular weight is 292 g/mol. The summed E-state index contributed by atoms with van der Waals surface area (Å²) in [5.41, 5.74) is 0. The van der Waals surface area contributed by atoms with Crippen molar-refractivity contribution in [1.82, 2.24) is 9.80 Å². The van der Waals surface area contributed by atoms with Crippen LogP contribution in [0.3, 0.4) is 0 Å². The van der Waals surface area contributed by atoms with Crippen molar-refractivity contribution >= 4 is 21.8 Å². The van der Waals surface area contributed by atoms with Crippen LogP contribution in [-0.2, 0) is 14.6 Å². The fourth-order valence-electron chi connectivity index (χ4n) is 1.99. The van der Waals surface area contributed by atoms with Crippen LogP contribution in [0.5, 0.6) is 0 Å². The number of piperidine rings is 1. The maximum atomic E-state index is 12.0. The van der Waals surface area contributed by atoms with E-state index >= 15 is 0 Å². The molecule has 7 nitrogen and oxygen atoms in total. The van der Waals surface area contributed by atoms with Crippen LogP contribution in [-0.4, -0.2) is 74.0 Å². The number of carboxylic acids is 1. The number of rotatable bonds is 4. The summed E-state index contributed by atoms with van der Waals surface area (Å²) in [5.74, 6) is -1.51. The maximum Gasteiger partial charge on any atom is 0.319 e. The molecule has 19 heavy (non-hydrogen) atoms. The second-order valence-electron chi connectivity index (χ2n) is 4.96. The van der Waals surface area contributed by atoms with Crippen LogP contribution in [0, 0.1) is 5.92 Å². The Morgan fingerprint density at radius 3 is 2.58 bits per heavy atom.